The molecule has 2 aromatic carbocycles. The van der Waals surface area contributed by atoms with Gasteiger partial charge in [-0.3, -0.25) is 0 Å². The van der Waals surface area contributed by atoms with E-state index in [4.69, 9.17) is 16.3 Å². The van der Waals surface area contributed by atoms with Gasteiger partial charge in [0.15, 0.2) is 0 Å². The van der Waals surface area contributed by atoms with Crippen LogP contribution in [0.25, 0.3) is 0 Å². The first-order valence-corrected chi connectivity index (χ1v) is 6.72. The number of hydrogen-bond donors (Lipinski definition) is 0. The Labute approximate surface area is 119 Å². The van der Waals surface area contributed by atoms with Crippen molar-refractivity contribution in [3.63, 3.8) is 0 Å². The topological polar surface area (TPSA) is 12.5 Å². The Balaban J connectivity index is 2.29. The number of hydrogen-bond acceptors (Lipinski definition) is 2. The summed E-state index contributed by atoms with van der Waals surface area (Å²) in [6.07, 6.45) is 0. The van der Waals surface area contributed by atoms with Crippen molar-refractivity contribution in [2.75, 3.05) is 19.1 Å². The molecule has 0 aliphatic rings. The van der Waals surface area contributed by atoms with Gasteiger partial charge in [-0.15, -0.1) is 11.6 Å². The van der Waals surface area contributed by atoms with Crippen molar-refractivity contribution in [2.45, 2.75) is 12.8 Å². The average Bonchev–Trinajstić information content (AvgIpc) is 2.46. The van der Waals surface area contributed by atoms with Crippen LogP contribution in [0.3, 0.4) is 0 Å². The van der Waals surface area contributed by atoms with E-state index < -0.39 is 0 Å². The van der Waals surface area contributed by atoms with Crippen LogP contribution in [0.1, 0.15) is 11.1 Å². The number of rotatable bonds is 4. The fraction of sp³-hybridized carbons (Fsp3) is 0.250. The van der Waals surface area contributed by atoms with Crippen LogP contribution in [0, 0.1) is 6.92 Å². The highest BCUT2D eigenvalue weighted by molar-refractivity contribution is 6.17. The zero-order valence-electron chi connectivity index (χ0n) is 11.5. The molecule has 0 aliphatic carbocycles. The zero-order valence-corrected chi connectivity index (χ0v) is 12.2. The number of alkyl halides is 1. The molecule has 100 valence electrons. The number of benzene rings is 2. The quantitative estimate of drug-likeness (QED) is 0.761. The minimum absolute atomic E-state index is 0.549. The first-order valence-electron chi connectivity index (χ1n) is 6.19. The fourth-order valence-corrected chi connectivity index (χ4v) is 2.29. The summed E-state index contributed by atoms with van der Waals surface area (Å²) in [6, 6.07) is 14.3. The molecule has 0 bridgehead atoms. The van der Waals surface area contributed by atoms with Crippen LogP contribution >= 0.6 is 11.6 Å². The molecule has 0 fully saturated rings. The molecule has 0 unspecified atom stereocenters. The third-order valence-electron chi connectivity index (χ3n) is 3.24. The van der Waals surface area contributed by atoms with Gasteiger partial charge in [-0.25, -0.2) is 0 Å². The summed E-state index contributed by atoms with van der Waals surface area (Å²) < 4.78 is 5.18. The van der Waals surface area contributed by atoms with E-state index >= 15 is 0 Å². The lowest BCUT2D eigenvalue weighted by atomic mass is 10.1. The van der Waals surface area contributed by atoms with Gasteiger partial charge in [0.1, 0.15) is 5.75 Å². The summed E-state index contributed by atoms with van der Waals surface area (Å²) in [7, 11) is 3.73. The van der Waals surface area contributed by atoms with Gasteiger partial charge in [0.2, 0.25) is 0 Å². The van der Waals surface area contributed by atoms with Crippen molar-refractivity contribution in [3.8, 4) is 5.75 Å². The van der Waals surface area contributed by atoms with Crippen molar-refractivity contribution < 1.29 is 4.74 Å². The molecule has 0 atom stereocenters. The molecule has 0 spiro atoms. The summed E-state index contributed by atoms with van der Waals surface area (Å²) in [6.45, 7) is 2.10. The van der Waals surface area contributed by atoms with Gasteiger partial charge in [0, 0.05) is 24.3 Å². The Morgan fingerprint density at radius 1 is 1.11 bits per heavy atom. The minimum atomic E-state index is 0.549. The third kappa shape index (κ3) is 3.02. The van der Waals surface area contributed by atoms with E-state index in [1.165, 1.54) is 11.3 Å². The summed E-state index contributed by atoms with van der Waals surface area (Å²) in [4.78, 5) is 2.16. The summed E-state index contributed by atoms with van der Waals surface area (Å²) in [5.74, 6) is 1.42. The van der Waals surface area contributed by atoms with Crippen LogP contribution in [0.4, 0.5) is 11.4 Å². The molecular weight excluding hydrogens is 258 g/mol. The number of methoxy groups -OCH3 is 1. The second-order valence-corrected chi connectivity index (χ2v) is 4.78. The average molecular weight is 276 g/mol. The van der Waals surface area contributed by atoms with E-state index in [9.17, 15) is 0 Å². The Morgan fingerprint density at radius 3 is 2.32 bits per heavy atom. The lowest BCUT2D eigenvalue weighted by molar-refractivity contribution is 0.415. The van der Waals surface area contributed by atoms with Gasteiger partial charge in [-0.05, 0) is 48.4 Å². The van der Waals surface area contributed by atoms with E-state index in [1.54, 1.807) is 7.11 Å². The smallest absolute Gasteiger partial charge is 0.119 e. The lowest BCUT2D eigenvalue weighted by Crippen LogP contribution is -2.10. The van der Waals surface area contributed by atoms with Crippen molar-refractivity contribution in [1.82, 2.24) is 0 Å². The third-order valence-corrected chi connectivity index (χ3v) is 3.55. The molecule has 0 heterocycles. The van der Waals surface area contributed by atoms with Crippen molar-refractivity contribution >= 4 is 23.0 Å². The number of ether oxygens (including phenoxy) is 1. The Morgan fingerprint density at radius 2 is 1.79 bits per heavy atom. The van der Waals surface area contributed by atoms with E-state index in [2.05, 4.69) is 37.1 Å². The largest absolute Gasteiger partial charge is 0.497 e. The number of nitrogens with zero attached hydrogens (tertiary/aromatic N) is 1. The fourth-order valence-electron chi connectivity index (χ4n) is 2.12. The predicted molar refractivity (Wildman–Crippen MR) is 81.8 cm³/mol. The second kappa shape index (κ2) is 5.98. The van der Waals surface area contributed by atoms with Gasteiger partial charge in [-0.1, -0.05) is 12.1 Å². The van der Waals surface area contributed by atoms with Crippen LogP contribution in [0.5, 0.6) is 5.75 Å². The van der Waals surface area contributed by atoms with Gasteiger partial charge < -0.3 is 9.64 Å². The number of aryl methyl sites for hydroxylation is 1. The molecule has 0 saturated heterocycles. The second-order valence-electron chi connectivity index (χ2n) is 4.51. The molecule has 0 radical (unpaired) electrons. The molecule has 0 aliphatic heterocycles. The molecule has 2 aromatic rings. The zero-order chi connectivity index (χ0) is 13.8. The van der Waals surface area contributed by atoms with Gasteiger partial charge in [0.05, 0.1) is 7.11 Å². The van der Waals surface area contributed by atoms with Crippen molar-refractivity contribution in [3.05, 3.63) is 53.6 Å². The predicted octanol–water partition coefficient (Wildman–Crippen LogP) is 4.51. The van der Waals surface area contributed by atoms with E-state index in [-0.39, 0.29) is 0 Å². The van der Waals surface area contributed by atoms with Gasteiger partial charge in [-0.2, -0.15) is 0 Å². The summed E-state index contributed by atoms with van der Waals surface area (Å²) in [5.41, 5.74) is 4.67. The summed E-state index contributed by atoms with van der Waals surface area (Å²) >= 11 is 5.85. The van der Waals surface area contributed by atoms with Crippen molar-refractivity contribution in [1.29, 1.82) is 0 Å². The Hall–Kier alpha value is -1.67. The first-order chi connectivity index (χ1) is 9.15. The summed E-state index contributed by atoms with van der Waals surface area (Å²) in [5, 5.41) is 0. The highest BCUT2D eigenvalue weighted by Gasteiger charge is 2.07. The maximum atomic E-state index is 5.85. The molecule has 19 heavy (non-hydrogen) atoms. The van der Waals surface area contributed by atoms with Crippen LogP contribution in [-0.4, -0.2) is 14.2 Å². The molecule has 2 nitrogen and oxygen atoms in total. The van der Waals surface area contributed by atoms with Gasteiger partial charge >= 0.3 is 0 Å². The van der Waals surface area contributed by atoms with Crippen LogP contribution in [0.15, 0.2) is 42.5 Å². The molecule has 0 N–H and O–H groups in total. The van der Waals surface area contributed by atoms with E-state index in [0.29, 0.717) is 5.88 Å². The van der Waals surface area contributed by atoms with Crippen molar-refractivity contribution in [2.24, 2.45) is 0 Å². The maximum absolute atomic E-state index is 5.85. The molecular formula is C16H18ClNO. The Bertz CT molecular complexity index is 551. The van der Waals surface area contributed by atoms with E-state index in [1.807, 2.05) is 24.3 Å². The standard InChI is InChI=1S/C16H18ClNO/c1-12-10-13(11-17)4-9-16(12)18(2)14-5-7-15(19-3)8-6-14/h4-10H,11H2,1-3H3. The monoisotopic (exact) mass is 275 g/mol. The van der Waals surface area contributed by atoms with Crippen LogP contribution in [0.2, 0.25) is 0 Å². The molecule has 0 amide bonds. The minimum Gasteiger partial charge on any atom is -0.497 e. The highest BCUT2D eigenvalue weighted by atomic mass is 35.5. The van der Waals surface area contributed by atoms with E-state index in [0.717, 1.165) is 17.0 Å². The highest BCUT2D eigenvalue weighted by Crippen LogP contribution is 2.28. The number of halogens is 1. The molecule has 2 rings (SSSR count). The van der Waals surface area contributed by atoms with Crippen LogP contribution in [-0.2, 0) is 5.88 Å². The lowest BCUT2D eigenvalue weighted by Gasteiger charge is -2.22. The first kappa shape index (κ1) is 13.8. The molecule has 0 saturated carbocycles. The molecule has 3 heteroatoms. The number of anilines is 2. The normalized spacial score (nSPS) is 10.3. The van der Waals surface area contributed by atoms with Crippen LogP contribution < -0.4 is 9.64 Å². The SMILES string of the molecule is COc1ccc(N(C)c2ccc(CCl)cc2C)cc1. The molecule has 0 aromatic heterocycles. The van der Waals surface area contributed by atoms with Gasteiger partial charge in [0.25, 0.3) is 0 Å². The Kier molecular flexibility index (Phi) is 4.33. The maximum Gasteiger partial charge on any atom is 0.119 e.